The predicted octanol–water partition coefficient (Wildman–Crippen LogP) is 0.242. The van der Waals surface area contributed by atoms with E-state index in [1.807, 2.05) is 0 Å². The second-order valence-electron chi connectivity index (χ2n) is 1.12. The highest BCUT2D eigenvalue weighted by molar-refractivity contribution is 7.74. The average molecular weight is 150 g/mol. The van der Waals surface area contributed by atoms with Crippen LogP contribution in [-0.2, 0) is 20.3 Å². The minimum atomic E-state index is -2.50. The predicted molar refractivity (Wildman–Crippen MR) is 31.7 cm³/mol. The molecule has 5 heteroatoms. The maximum atomic E-state index is 10.2. The molecule has 0 aliphatic carbocycles. The van der Waals surface area contributed by atoms with Gasteiger partial charge in [0.05, 0.1) is 0 Å². The van der Waals surface area contributed by atoms with E-state index in [1.165, 1.54) is 6.08 Å². The van der Waals surface area contributed by atoms with Gasteiger partial charge in [0.2, 0.25) is 0 Å². The third kappa shape index (κ3) is 5.19. The van der Waals surface area contributed by atoms with Gasteiger partial charge < -0.3 is 4.18 Å². The largest absolute Gasteiger partial charge is 0.360 e. The fraction of sp³-hybridized carbons (Fsp3) is 0.250. The molecule has 0 heterocycles. The van der Waals surface area contributed by atoms with Gasteiger partial charge in [0, 0.05) is 6.08 Å². The molecule has 0 aliphatic rings. The Balaban J connectivity index is 3.64. The summed E-state index contributed by atoms with van der Waals surface area (Å²) in [5.74, 6) is -0.821. The van der Waals surface area contributed by atoms with Crippen LogP contribution < -0.4 is 0 Å². The van der Waals surface area contributed by atoms with Crippen molar-refractivity contribution in [2.75, 3.05) is 0 Å². The zero-order chi connectivity index (χ0) is 7.28. The van der Waals surface area contributed by atoms with Crippen LogP contribution in [-0.4, -0.2) is 14.7 Å². The van der Waals surface area contributed by atoms with Crippen LogP contribution in [0.2, 0.25) is 0 Å². The van der Waals surface area contributed by atoms with Crippen molar-refractivity contribution in [2.24, 2.45) is 0 Å². The maximum Gasteiger partial charge on any atom is 0.360 e. The Morgan fingerprint density at radius 1 is 1.78 bits per heavy atom. The SMILES string of the molecule is CC=CC(=O)OS(=O)O. The molecule has 52 valence electrons. The standard InChI is InChI=1S/C4H6O4S/c1-2-3-4(5)8-9(6)7/h2-3H,1H3,(H,6,7). The highest BCUT2D eigenvalue weighted by atomic mass is 32.2. The van der Waals surface area contributed by atoms with Gasteiger partial charge in [-0.3, -0.25) is 4.55 Å². The number of hydrogen-bond acceptors (Lipinski definition) is 3. The Hall–Kier alpha value is -0.680. The highest BCUT2D eigenvalue weighted by Crippen LogP contribution is 1.82. The number of hydrogen-bond donors (Lipinski definition) is 1. The van der Waals surface area contributed by atoms with Crippen LogP contribution in [0.15, 0.2) is 12.2 Å². The van der Waals surface area contributed by atoms with Gasteiger partial charge in [0.15, 0.2) is 0 Å². The minimum Gasteiger partial charge on any atom is -0.340 e. The van der Waals surface area contributed by atoms with Gasteiger partial charge in [-0.05, 0) is 6.92 Å². The summed E-state index contributed by atoms with van der Waals surface area (Å²) >= 11 is -2.50. The summed E-state index contributed by atoms with van der Waals surface area (Å²) in [6.07, 6.45) is 2.46. The van der Waals surface area contributed by atoms with E-state index in [9.17, 15) is 9.00 Å². The molecule has 0 spiro atoms. The number of carbonyl (C=O) groups excluding carboxylic acids is 1. The summed E-state index contributed by atoms with van der Waals surface area (Å²) in [6, 6.07) is 0. The molecular formula is C4H6O4S. The van der Waals surface area contributed by atoms with Crippen molar-refractivity contribution >= 4 is 17.3 Å². The lowest BCUT2D eigenvalue weighted by Crippen LogP contribution is -2.01. The molecule has 0 aromatic carbocycles. The third-order valence-electron chi connectivity index (χ3n) is 0.456. The van der Waals surface area contributed by atoms with Gasteiger partial charge in [-0.2, -0.15) is 4.21 Å². The van der Waals surface area contributed by atoms with Gasteiger partial charge in [0.25, 0.3) is 0 Å². The molecule has 0 aromatic heterocycles. The second-order valence-corrected chi connectivity index (χ2v) is 1.72. The molecule has 0 bridgehead atoms. The molecule has 0 aliphatic heterocycles. The van der Waals surface area contributed by atoms with Gasteiger partial charge in [-0.25, -0.2) is 4.79 Å². The van der Waals surface area contributed by atoms with E-state index in [0.717, 1.165) is 6.08 Å². The molecule has 0 rings (SSSR count). The zero-order valence-corrected chi connectivity index (χ0v) is 5.55. The first-order chi connectivity index (χ1) is 4.16. The highest BCUT2D eigenvalue weighted by Gasteiger charge is 1.98. The van der Waals surface area contributed by atoms with Gasteiger partial charge in [0.1, 0.15) is 0 Å². The molecule has 0 amide bonds. The summed E-state index contributed by atoms with van der Waals surface area (Å²) in [7, 11) is 0. The fourth-order valence-electron chi connectivity index (χ4n) is 0.234. The summed E-state index contributed by atoms with van der Waals surface area (Å²) in [5.41, 5.74) is 0. The Bertz CT molecular complexity index is 151. The summed E-state index contributed by atoms with van der Waals surface area (Å²) in [5, 5.41) is 0. The summed E-state index contributed by atoms with van der Waals surface area (Å²) in [4.78, 5) is 10.2. The molecule has 0 fully saturated rings. The molecule has 0 saturated heterocycles. The van der Waals surface area contributed by atoms with E-state index in [1.54, 1.807) is 6.92 Å². The minimum absolute atomic E-state index is 0.821. The second kappa shape index (κ2) is 4.22. The van der Waals surface area contributed by atoms with Crippen molar-refractivity contribution in [2.45, 2.75) is 6.92 Å². The monoisotopic (exact) mass is 150 g/mol. The van der Waals surface area contributed by atoms with Crippen molar-refractivity contribution in [1.82, 2.24) is 0 Å². The van der Waals surface area contributed by atoms with Crippen molar-refractivity contribution in [3.63, 3.8) is 0 Å². The number of carbonyl (C=O) groups is 1. The summed E-state index contributed by atoms with van der Waals surface area (Å²) < 4.78 is 21.5. The van der Waals surface area contributed by atoms with E-state index in [-0.39, 0.29) is 0 Å². The summed E-state index contributed by atoms with van der Waals surface area (Å²) in [6.45, 7) is 1.60. The van der Waals surface area contributed by atoms with Crippen molar-refractivity contribution in [3.8, 4) is 0 Å². The molecule has 1 atom stereocenters. The van der Waals surface area contributed by atoms with Crippen LogP contribution in [0, 0.1) is 0 Å². The van der Waals surface area contributed by atoms with Crippen LogP contribution in [0.5, 0.6) is 0 Å². The number of rotatable bonds is 2. The molecular weight excluding hydrogens is 144 g/mol. The third-order valence-corrected chi connectivity index (χ3v) is 0.763. The lowest BCUT2D eigenvalue weighted by Gasteiger charge is -1.88. The van der Waals surface area contributed by atoms with E-state index in [0.29, 0.717) is 0 Å². The zero-order valence-electron chi connectivity index (χ0n) is 4.73. The van der Waals surface area contributed by atoms with E-state index in [2.05, 4.69) is 4.18 Å². The smallest absolute Gasteiger partial charge is 0.340 e. The Kier molecular flexibility index (Phi) is 3.90. The van der Waals surface area contributed by atoms with Crippen LogP contribution in [0.25, 0.3) is 0 Å². The normalized spacial score (nSPS) is 13.6. The Morgan fingerprint density at radius 2 is 2.33 bits per heavy atom. The van der Waals surface area contributed by atoms with Crippen molar-refractivity contribution in [1.29, 1.82) is 0 Å². The molecule has 0 saturated carbocycles. The van der Waals surface area contributed by atoms with Crippen molar-refractivity contribution in [3.05, 3.63) is 12.2 Å². The molecule has 0 radical (unpaired) electrons. The molecule has 0 aromatic rings. The van der Waals surface area contributed by atoms with Crippen LogP contribution in [0.3, 0.4) is 0 Å². The topological polar surface area (TPSA) is 63.6 Å². The average Bonchev–Trinajstić information content (AvgIpc) is 1.63. The maximum absolute atomic E-state index is 10.2. The van der Waals surface area contributed by atoms with Crippen LogP contribution in [0.1, 0.15) is 6.92 Å². The van der Waals surface area contributed by atoms with E-state index >= 15 is 0 Å². The molecule has 9 heavy (non-hydrogen) atoms. The van der Waals surface area contributed by atoms with Crippen molar-refractivity contribution < 1.29 is 17.7 Å². The molecule has 1 N–H and O–H groups in total. The van der Waals surface area contributed by atoms with Gasteiger partial charge in [-0.1, -0.05) is 6.08 Å². The van der Waals surface area contributed by atoms with Gasteiger partial charge >= 0.3 is 17.3 Å². The van der Waals surface area contributed by atoms with E-state index in [4.69, 9.17) is 4.55 Å². The first-order valence-electron chi connectivity index (χ1n) is 2.12. The van der Waals surface area contributed by atoms with Crippen LogP contribution in [0.4, 0.5) is 0 Å². The lowest BCUT2D eigenvalue weighted by molar-refractivity contribution is -0.128. The quantitative estimate of drug-likeness (QED) is 0.452. The first-order valence-corrected chi connectivity index (χ1v) is 3.16. The Morgan fingerprint density at radius 3 is 2.67 bits per heavy atom. The van der Waals surface area contributed by atoms with Crippen LogP contribution >= 0.6 is 0 Å². The fourth-order valence-corrected chi connectivity index (χ4v) is 0.430. The first kappa shape index (κ1) is 8.32. The van der Waals surface area contributed by atoms with E-state index < -0.39 is 17.3 Å². The Labute approximate surface area is 55.0 Å². The lowest BCUT2D eigenvalue weighted by atomic mass is 10.5. The van der Waals surface area contributed by atoms with Gasteiger partial charge in [-0.15, -0.1) is 0 Å². The number of allylic oxidation sites excluding steroid dienone is 1. The molecule has 1 unspecified atom stereocenters. The molecule has 4 nitrogen and oxygen atoms in total.